The predicted octanol–water partition coefficient (Wildman–Crippen LogP) is 1.25. The van der Waals surface area contributed by atoms with E-state index in [0.29, 0.717) is 6.42 Å². The maximum Gasteiger partial charge on any atom is 0.328 e. The number of carbonyl (C=O) groups excluding carboxylic acids is 3. The normalized spacial score (nSPS) is 15.6. The molecular formula is C30H39N5O6. The van der Waals surface area contributed by atoms with Crippen LogP contribution >= 0.6 is 0 Å². The average molecular weight is 566 g/mol. The minimum Gasteiger partial charge on any atom is -0.480 e. The number of carboxylic acids is 1. The molecule has 1 heterocycles. The molecule has 0 fully saturated rings. The first-order chi connectivity index (χ1) is 19.5. The summed E-state index contributed by atoms with van der Waals surface area (Å²) in [5.41, 5.74) is 8.84. The van der Waals surface area contributed by atoms with Crippen molar-refractivity contribution < 1.29 is 29.4 Å². The summed E-state index contributed by atoms with van der Waals surface area (Å²) in [5, 5.41) is 27.9. The van der Waals surface area contributed by atoms with E-state index in [1.165, 1.54) is 6.92 Å². The van der Waals surface area contributed by atoms with Gasteiger partial charge in [-0.1, -0.05) is 68.8 Å². The smallest absolute Gasteiger partial charge is 0.328 e. The van der Waals surface area contributed by atoms with Gasteiger partial charge in [-0.05, 0) is 36.5 Å². The van der Waals surface area contributed by atoms with Gasteiger partial charge in [0.2, 0.25) is 17.7 Å². The van der Waals surface area contributed by atoms with Crippen LogP contribution in [0, 0.1) is 5.92 Å². The van der Waals surface area contributed by atoms with E-state index in [1.54, 1.807) is 13.1 Å². The number of fused-ring (bicyclic) bond motifs is 1. The molecule has 220 valence electrons. The fourth-order valence-electron chi connectivity index (χ4n) is 4.56. The van der Waals surface area contributed by atoms with Crippen molar-refractivity contribution in [1.82, 2.24) is 20.9 Å². The standard InChI is InChI=1S/C30H39N5O6/c1-4-17(2)25(29(39)35-26(18(3)36)30(40)41)34-28(38)24(14-19-10-6-5-7-11-19)33-27(37)22(31)15-20-16-32-23-13-9-8-12-21(20)23/h5-13,16-18,22,24-26,32,36H,4,14-15,31H2,1-3H3,(H,33,37)(H,34,38)(H,35,39)(H,40,41). The first-order valence-corrected chi connectivity index (χ1v) is 13.7. The number of H-pyrrole nitrogens is 1. The third kappa shape index (κ3) is 8.38. The number of aliphatic hydroxyl groups excluding tert-OH is 1. The van der Waals surface area contributed by atoms with Gasteiger partial charge < -0.3 is 36.9 Å². The Morgan fingerprint density at radius 3 is 2.12 bits per heavy atom. The summed E-state index contributed by atoms with van der Waals surface area (Å²) >= 11 is 0. The Morgan fingerprint density at radius 1 is 0.854 bits per heavy atom. The van der Waals surface area contributed by atoms with Crippen molar-refractivity contribution in [3.05, 3.63) is 71.9 Å². The van der Waals surface area contributed by atoms with Crippen LogP contribution in [0.1, 0.15) is 38.3 Å². The van der Waals surface area contributed by atoms with Crippen LogP contribution in [0.25, 0.3) is 10.9 Å². The number of hydrogen-bond acceptors (Lipinski definition) is 6. The highest BCUT2D eigenvalue weighted by Crippen LogP contribution is 2.19. The highest BCUT2D eigenvalue weighted by atomic mass is 16.4. The fourth-order valence-corrected chi connectivity index (χ4v) is 4.56. The Labute approximate surface area is 238 Å². The third-order valence-electron chi connectivity index (χ3n) is 7.21. The van der Waals surface area contributed by atoms with Crippen LogP contribution in [-0.4, -0.2) is 69.2 Å². The summed E-state index contributed by atoms with van der Waals surface area (Å²) in [5.74, 6) is -3.68. The van der Waals surface area contributed by atoms with E-state index in [2.05, 4.69) is 20.9 Å². The van der Waals surface area contributed by atoms with Crippen molar-refractivity contribution >= 4 is 34.6 Å². The molecule has 11 nitrogen and oxygen atoms in total. The third-order valence-corrected chi connectivity index (χ3v) is 7.21. The Balaban J connectivity index is 1.79. The molecule has 0 aliphatic rings. The number of carboxylic acid groups (broad SMARTS) is 1. The van der Waals surface area contributed by atoms with E-state index in [-0.39, 0.29) is 18.8 Å². The van der Waals surface area contributed by atoms with Crippen molar-refractivity contribution in [2.24, 2.45) is 11.7 Å². The van der Waals surface area contributed by atoms with Gasteiger partial charge in [-0.15, -0.1) is 0 Å². The van der Waals surface area contributed by atoms with Crippen LogP contribution in [0.5, 0.6) is 0 Å². The summed E-state index contributed by atoms with van der Waals surface area (Å²) in [4.78, 5) is 54.5. The zero-order valence-electron chi connectivity index (χ0n) is 23.5. The molecule has 3 rings (SSSR count). The molecule has 3 amide bonds. The molecule has 2 aromatic carbocycles. The average Bonchev–Trinajstić information content (AvgIpc) is 3.36. The maximum atomic E-state index is 13.6. The number of benzene rings is 2. The van der Waals surface area contributed by atoms with E-state index in [9.17, 15) is 29.4 Å². The molecule has 0 saturated heterocycles. The summed E-state index contributed by atoms with van der Waals surface area (Å²) in [7, 11) is 0. The second-order valence-electron chi connectivity index (χ2n) is 10.4. The molecule has 0 aliphatic carbocycles. The lowest BCUT2D eigenvalue weighted by Crippen LogP contribution is -2.60. The van der Waals surface area contributed by atoms with E-state index in [1.807, 2.05) is 61.5 Å². The minimum absolute atomic E-state index is 0.137. The number of aromatic amines is 1. The Kier molecular flexibility index (Phi) is 11.0. The lowest BCUT2D eigenvalue weighted by molar-refractivity contribution is -0.145. The Hall–Kier alpha value is -4.22. The number of amides is 3. The largest absolute Gasteiger partial charge is 0.480 e. The molecule has 0 radical (unpaired) electrons. The van der Waals surface area contributed by atoms with Gasteiger partial charge in [0.05, 0.1) is 12.1 Å². The quantitative estimate of drug-likeness (QED) is 0.153. The first-order valence-electron chi connectivity index (χ1n) is 13.7. The summed E-state index contributed by atoms with van der Waals surface area (Å²) in [6.45, 7) is 4.82. The molecule has 0 bridgehead atoms. The van der Waals surface area contributed by atoms with E-state index in [4.69, 9.17) is 5.73 Å². The lowest BCUT2D eigenvalue weighted by Gasteiger charge is -2.28. The van der Waals surface area contributed by atoms with Gasteiger partial charge in [-0.2, -0.15) is 0 Å². The first kappa shape index (κ1) is 31.3. The molecule has 6 unspecified atom stereocenters. The number of aromatic nitrogens is 1. The van der Waals surface area contributed by atoms with Crippen LogP contribution < -0.4 is 21.7 Å². The number of nitrogens with two attached hydrogens (primary N) is 1. The minimum atomic E-state index is -1.55. The second kappa shape index (κ2) is 14.4. The SMILES string of the molecule is CCC(C)C(NC(=O)C(Cc1ccccc1)NC(=O)C(N)Cc1c[nH]c2ccccc12)C(=O)NC(C(=O)O)C(C)O. The Bertz CT molecular complexity index is 1340. The molecule has 11 heteroatoms. The van der Waals surface area contributed by atoms with E-state index < -0.39 is 54.0 Å². The van der Waals surface area contributed by atoms with Crippen molar-refractivity contribution in [1.29, 1.82) is 0 Å². The van der Waals surface area contributed by atoms with Gasteiger partial charge in [-0.3, -0.25) is 14.4 Å². The maximum absolute atomic E-state index is 13.6. The van der Waals surface area contributed by atoms with Gasteiger partial charge in [0.15, 0.2) is 6.04 Å². The number of rotatable bonds is 14. The van der Waals surface area contributed by atoms with Gasteiger partial charge in [0.25, 0.3) is 0 Å². The molecule has 8 N–H and O–H groups in total. The van der Waals surface area contributed by atoms with Crippen molar-refractivity contribution in [2.45, 2.75) is 70.3 Å². The van der Waals surface area contributed by atoms with Gasteiger partial charge >= 0.3 is 5.97 Å². The molecule has 6 atom stereocenters. The van der Waals surface area contributed by atoms with Crippen LogP contribution in [0.15, 0.2) is 60.8 Å². The van der Waals surface area contributed by atoms with E-state index in [0.717, 1.165) is 22.0 Å². The predicted molar refractivity (Wildman–Crippen MR) is 155 cm³/mol. The van der Waals surface area contributed by atoms with Crippen LogP contribution in [-0.2, 0) is 32.0 Å². The number of hydrogen-bond donors (Lipinski definition) is 7. The number of aliphatic carboxylic acids is 1. The molecule has 0 spiro atoms. The van der Waals surface area contributed by atoms with Crippen molar-refractivity contribution in [3.8, 4) is 0 Å². The number of aliphatic hydroxyl groups is 1. The van der Waals surface area contributed by atoms with Crippen molar-refractivity contribution in [2.75, 3.05) is 0 Å². The number of para-hydroxylation sites is 1. The molecular weight excluding hydrogens is 526 g/mol. The number of carbonyl (C=O) groups is 4. The summed E-state index contributed by atoms with van der Waals surface area (Å²) in [6.07, 6.45) is 1.32. The molecule has 0 aliphatic heterocycles. The van der Waals surface area contributed by atoms with E-state index >= 15 is 0 Å². The second-order valence-corrected chi connectivity index (χ2v) is 10.4. The van der Waals surface area contributed by atoms with Gasteiger partial charge in [0.1, 0.15) is 12.1 Å². The topological polar surface area (TPSA) is 187 Å². The zero-order valence-corrected chi connectivity index (χ0v) is 23.5. The fraction of sp³-hybridized carbons (Fsp3) is 0.400. The Morgan fingerprint density at radius 2 is 1.49 bits per heavy atom. The van der Waals surface area contributed by atoms with Crippen LogP contribution in [0.4, 0.5) is 0 Å². The highest BCUT2D eigenvalue weighted by Gasteiger charge is 2.34. The molecule has 0 saturated carbocycles. The molecule has 3 aromatic rings. The zero-order chi connectivity index (χ0) is 30.1. The number of nitrogens with one attached hydrogen (secondary N) is 4. The van der Waals surface area contributed by atoms with Gasteiger partial charge in [0, 0.05) is 23.5 Å². The van der Waals surface area contributed by atoms with Gasteiger partial charge in [-0.25, -0.2) is 4.79 Å². The monoisotopic (exact) mass is 565 g/mol. The summed E-state index contributed by atoms with van der Waals surface area (Å²) < 4.78 is 0. The van der Waals surface area contributed by atoms with Crippen LogP contribution in [0.2, 0.25) is 0 Å². The molecule has 1 aromatic heterocycles. The highest BCUT2D eigenvalue weighted by molar-refractivity contribution is 5.94. The lowest BCUT2D eigenvalue weighted by atomic mass is 9.96. The summed E-state index contributed by atoms with van der Waals surface area (Å²) in [6, 6.07) is 12.1. The van der Waals surface area contributed by atoms with Crippen molar-refractivity contribution in [3.63, 3.8) is 0 Å². The van der Waals surface area contributed by atoms with Crippen LogP contribution in [0.3, 0.4) is 0 Å². The molecule has 41 heavy (non-hydrogen) atoms.